The van der Waals surface area contributed by atoms with Gasteiger partial charge in [0.15, 0.2) is 0 Å². The predicted octanol–water partition coefficient (Wildman–Crippen LogP) is 1.64. The van der Waals surface area contributed by atoms with Crippen molar-refractivity contribution in [2.75, 3.05) is 32.0 Å². The molecule has 22 heavy (non-hydrogen) atoms. The molecule has 0 unspecified atom stereocenters. The maximum atomic E-state index is 12.5. The first-order chi connectivity index (χ1) is 10.6. The second kappa shape index (κ2) is 7.79. The number of carbonyl (C=O) groups is 2. The third-order valence-corrected chi connectivity index (χ3v) is 4.08. The fraction of sp³-hybridized carbons (Fsp3) is 0.500. The number of hydrogen-bond acceptors (Lipinski definition) is 3. The van der Waals surface area contributed by atoms with E-state index in [1.165, 1.54) is 0 Å². The third-order valence-electron chi connectivity index (χ3n) is 4.08. The molecule has 6 nitrogen and oxygen atoms in total. The molecule has 4 N–H and O–H groups in total. The lowest BCUT2D eigenvalue weighted by molar-refractivity contribution is 0.0687. The summed E-state index contributed by atoms with van der Waals surface area (Å²) in [6, 6.07) is 6.26. The van der Waals surface area contributed by atoms with Crippen LogP contribution in [-0.2, 0) is 0 Å². The van der Waals surface area contributed by atoms with E-state index in [9.17, 15) is 9.59 Å². The molecule has 1 aliphatic rings. The highest BCUT2D eigenvalue weighted by Gasteiger charge is 2.23. The lowest BCUT2D eigenvalue weighted by Crippen LogP contribution is -2.39. The summed E-state index contributed by atoms with van der Waals surface area (Å²) in [7, 11) is 1.96. The van der Waals surface area contributed by atoms with Gasteiger partial charge >= 0.3 is 6.03 Å². The van der Waals surface area contributed by atoms with Gasteiger partial charge in [-0.15, -0.1) is 0 Å². The molecule has 1 aromatic rings. The van der Waals surface area contributed by atoms with E-state index < -0.39 is 6.03 Å². The van der Waals surface area contributed by atoms with Gasteiger partial charge < -0.3 is 21.3 Å². The molecule has 0 aliphatic carbocycles. The van der Waals surface area contributed by atoms with E-state index in [-0.39, 0.29) is 5.91 Å². The standard InChI is InChI=1S/C16H24N4O2/c1-18-8-5-12-6-9-20(10-7-12)15(21)13-3-2-4-14(11-13)19-16(17)22/h2-4,11-12,18H,5-10H2,1H3,(H3,17,19,22). The molecule has 1 aliphatic heterocycles. The minimum Gasteiger partial charge on any atom is -0.351 e. The van der Waals surface area contributed by atoms with Gasteiger partial charge in [0.1, 0.15) is 0 Å². The summed E-state index contributed by atoms with van der Waals surface area (Å²) in [5.41, 5.74) is 6.23. The van der Waals surface area contributed by atoms with Crippen LogP contribution in [0.1, 0.15) is 29.6 Å². The molecule has 1 heterocycles. The molecule has 6 heteroatoms. The molecular weight excluding hydrogens is 280 g/mol. The molecule has 3 amide bonds. The minimum atomic E-state index is -0.630. The van der Waals surface area contributed by atoms with Crippen LogP contribution < -0.4 is 16.4 Å². The third kappa shape index (κ3) is 4.46. The number of primary amides is 1. The fourth-order valence-electron chi connectivity index (χ4n) is 2.83. The monoisotopic (exact) mass is 304 g/mol. The van der Waals surface area contributed by atoms with Crippen molar-refractivity contribution in [3.05, 3.63) is 29.8 Å². The number of rotatable bonds is 5. The van der Waals surface area contributed by atoms with Crippen molar-refractivity contribution in [2.45, 2.75) is 19.3 Å². The number of carbonyl (C=O) groups excluding carboxylic acids is 2. The number of piperidine rings is 1. The van der Waals surface area contributed by atoms with Crippen molar-refractivity contribution < 1.29 is 9.59 Å². The Hall–Kier alpha value is -2.08. The van der Waals surface area contributed by atoms with Gasteiger partial charge in [-0.1, -0.05) is 6.07 Å². The molecule has 120 valence electrons. The maximum Gasteiger partial charge on any atom is 0.316 e. The van der Waals surface area contributed by atoms with Gasteiger partial charge in [0.25, 0.3) is 5.91 Å². The molecular formula is C16H24N4O2. The fourth-order valence-corrected chi connectivity index (χ4v) is 2.83. The highest BCUT2D eigenvalue weighted by Crippen LogP contribution is 2.22. The number of nitrogens with one attached hydrogen (secondary N) is 2. The van der Waals surface area contributed by atoms with E-state index in [2.05, 4.69) is 10.6 Å². The van der Waals surface area contributed by atoms with Crippen LogP contribution in [0.5, 0.6) is 0 Å². The van der Waals surface area contributed by atoms with Crippen LogP contribution in [0.2, 0.25) is 0 Å². The van der Waals surface area contributed by atoms with Crippen molar-refractivity contribution in [1.82, 2.24) is 10.2 Å². The van der Waals surface area contributed by atoms with Crippen LogP contribution in [0.3, 0.4) is 0 Å². The Labute approximate surface area is 131 Å². The van der Waals surface area contributed by atoms with Crippen LogP contribution in [0, 0.1) is 5.92 Å². The summed E-state index contributed by atoms with van der Waals surface area (Å²) in [5.74, 6) is 0.708. The number of nitrogens with zero attached hydrogens (tertiary/aromatic N) is 1. The van der Waals surface area contributed by atoms with Crippen molar-refractivity contribution in [2.24, 2.45) is 11.7 Å². The Morgan fingerprint density at radius 2 is 2.05 bits per heavy atom. The molecule has 0 spiro atoms. The average Bonchev–Trinajstić information content (AvgIpc) is 2.52. The van der Waals surface area contributed by atoms with Crippen LogP contribution in [0.4, 0.5) is 10.5 Å². The van der Waals surface area contributed by atoms with Crippen molar-refractivity contribution in [3.8, 4) is 0 Å². The van der Waals surface area contributed by atoms with Crippen LogP contribution >= 0.6 is 0 Å². The van der Waals surface area contributed by atoms with Gasteiger partial charge in [-0.2, -0.15) is 0 Å². The van der Waals surface area contributed by atoms with E-state index in [1.54, 1.807) is 24.3 Å². The second-order valence-corrected chi connectivity index (χ2v) is 5.70. The molecule has 0 radical (unpaired) electrons. The Balaban J connectivity index is 1.93. The highest BCUT2D eigenvalue weighted by molar-refractivity contribution is 5.96. The first-order valence-electron chi connectivity index (χ1n) is 7.70. The van der Waals surface area contributed by atoms with Gasteiger partial charge in [0, 0.05) is 24.3 Å². The maximum absolute atomic E-state index is 12.5. The summed E-state index contributed by atoms with van der Waals surface area (Å²) in [5, 5.41) is 5.67. The summed E-state index contributed by atoms with van der Waals surface area (Å²) in [4.78, 5) is 25.3. The Bertz CT molecular complexity index is 525. The first kappa shape index (κ1) is 16.3. The molecule has 0 aromatic heterocycles. The molecule has 1 aromatic carbocycles. The average molecular weight is 304 g/mol. The number of amides is 3. The van der Waals surface area contributed by atoms with E-state index >= 15 is 0 Å². The van der Waals surface area contributed by atoms with Gasteiger partial charge in [-0.3, -0.25) is 4.79 Å². The first-order valence-corrected chi connectivity index (χ1v) is 7.70. The lowest BCUT2D eigenvalue weighted by Gasteiger charge is -2.32. The van der Waals surface area contributed by atoms with Crippen LogP contribution in [0.15, 0.2) is 24.3 Å². The molecule has 1 saturated heterocycles. The Morgan fingerprint density at radius 1 is 1.32 bits per heavy atom. The number of anilines is 1. The second-order valence-electron chi connectivity index (χ2n) is 5.70. The predicted molar refractivity (Wildman–Crippen MR) is 86.8 cm³/mol. The molecule has 0 bridgehead atoms. The number of benzene rings is 1. The van der Waals surface area contributed by atoms with Gasteiger partial charge in [-0.25, -0.2) is 4.79 Å². The van der Waals surface area contributed by atoms with E-state index in [1.807, 2.05) is 11.9 Å². The van der Waals surface area contributed by atoms with E-state index in [0.717, 1.165) is 38.9 Å². The molecule has 1 fully saturated rings. The van der Waals surface area contributed by atoms with Crippen molar-refractivity contribution >= 4 is 17.6 Å². The molecule has 0 atom stereocenters. The van der Waals surface area contributed by atoms with Gasteiger partial charge in [0.05, 0.1) is 0 Å². The van der Waals surface area contributed by atoms with Crippen LogP contribution in [-0.4, -0.2) is 43.5 Å². The smallest absolute Gasteiger partial charge is 0.316 e. The van der Waals surface area contributed by atoms with Gasteiger partial charge in [0.2, 0.25) is 0 Å². The zero-order chi connectivity index (χ0) is 15.9. The summed E-state index contributed by atoms with van der Waals surface area (Å²) < 4.78 is 0. The minimum absolute atomic E-state index is 0.0141. The number of nitrogens with two attached hydrogens (primary N) is 1. The quantitative estimate of drug-likeness (QED) is 0.773. The largest absolute Gasteiger partial charge is 0.351 e. The van der Waals surface area contributed by atoms with Gasteiger partial charge in [-0.05, 0) is 57.0 Å². The molecule has 0 saturated carbocycles. The number of likely N-dealkylation sites (tertiary alicyclic amines) is 1. The number of urea groups is 1. The number of hydrogen-bond donors (Lipinski definition) is 3. The summed E-state index contributed by atoms with van der Waals surface area (Å²) >= 11 is 0. The van der Waals surface area contributed by atoms with Crippen molar-refractivity contribution in [3.63, 3.8) is 0 Å². The van der Waals surface area contributed by atoms with Crippen LogP contribution in [0.25, 0.3) is 0 Å². The normalized spacial score (nSPS) is 15.6. The van der Waals surface area contributed by atoms with Crippen molar-refractivity contribution in [1.29, 1.82) is 0 Å². The molecule has 2 rings (SSSR count). The van der Waals surface area contributed by atoms with E-state index in [4.69, 9.17) is 5.73 Å². The lowest BCUT2D eigenvalue weighted by atomic mass is 9.93. The Kier molecular flexibility index (Phi) is 5.77. The SMILES string of the molecule is CNCCC1CCN(C(=O)c2cccc(NC(N)=O)c2)CC1. The van der Waals surface area contributed by atoms with E-state index in [0.29, 0.717) is 17.2 Å². The zero-order valence-corrected chi connectivity index (χ0v) is 13.0. The summed E-state index contributed by atoms with van der Waals surface area (Å²) in [6.07, 6.45) is 3.26. The summed E-state index contributed by atoms with van der Waals surface area (Å²) in [6.45, 7) is 2.61. The topological polar surface area (TPSA) is 87.5 Å². The Morgan fingerprint density at radius 3 is 2.68 bits per heavy atom. The zero-order valence-electron chi connectivity index (χ0n) is 13.0. The highest BCUT2D eigenvalue weighted by atomic mass is 16.2.